The standard InChI is InChI=1S/C25H29N5O2S/c1-18-2-4-19(5-3-18)15-26-24(31)25-28-27-23(33-25)17-30-11-9-29(10-12-30)16-20-6-7-22-21(14-20)8-13-32-22/h2-7,14H,8-13,15-17H2,1H3,(H,26,31). The van der Waals surface area contributed by atoms with Gasteiger partial charge in [0.2, 0.25) is 5.01 Å². The van der Waals surface area contributed by atoms with Crippen molar-refractivity contribution in [3.63, 3.8) is 0 Å². The number of nitrogens with one attached hydrogen (secondary N) is 1. The van der Waals surface area contributed by atoms with Crippen LogP contribution in [0.1, 0.15) is 37.1 Å². The smallest absolute Gasteiger partial charge is 0.282 e. The third kappa shape index (κ3) is 5.58. The second-order valence-corrected chi connectivity index (χ2v) is 9.82. The summed E-state index contributed by atoms with van der Waals surface area (Å²) in [5.74, 6) is 0.882. The summed E-state index contributed by atoms with van der Waals surface area (Å²) in [4.78, 5) is 17.3. The number of nitrogens with zero attached hydrogens (tertiary/aromatic N) is 4. The van der Waals surface area contributed by atoms with Gasteiger partial charge >= 0.3 is 0 Å². The largest absolute Gasteiger partial charge is 0.493 e. The molecule has 0 spiro atoms. The molecule has 8 heteroatoms. The zero-order valence-electron chi connectivity index (χ0n) is 18.9. The van der Waals surface area contributed by atoms with Gasteiger partial charge in [0.05, 0.1) is 13.2 Å². The number of piperazine rings is 1. The summed E-state index contributed by atoms with van der Waals surface area (Å²) in [5.41, 5.74) is 4.97. The van der Waals surface area contributed by atoms with Crippen molar-refractivity contribution in [3.8, 4) is 5.75 Å². The number of aryl methyl sites for hydroxylation is 1. The van der Waals surface area contributed by atoms with E-state index in [4.69, 9.17) is 4.74 Å². The van der Waals surface area contributed by atoms with E-state index in [1.807, 2.05) is 24.3 Å². The molecule has 0 aliphatic carbocycles. The average Bonchev–Trinajstić information content (AvgIpc) is 3.49. The number of benzene rings is 2. The van der Waals surface area contributed by atoms with Gasteiger partial charge in [-0.15, -0.1) is 10.2 Å². The minimum Gasteiger partial charge on any atom is -0.493 e. The number of hydrogen-bond donors (Lipinski definition) is 1. The maximum Gasteiger partial charge on any atom is 0.282 e. The summed E-state index contributed by atoms with van der Waals surface area (Å²) in [6, 6.07) is 14.7. The SMILES string of the molecule is Cc1ccc(CNC(=O)c2nnc(CN3CCN(Cc4ccc5c(c4)CCO5)CC3)s2)cc1. The molecule has 1 amide bonds. The first kappa shape index (κ1) is 22.0. The van der Waals surface area contributed by atoms with Gasteiger partial charge in [0.15, 0.2) is 0 Å². The Morgan fingerprint density at radius 2 is 1.73 bits per heavy atom. The predicted octanol–water partition coefficient (Wildman–Crippen LogP) is 3.03. The molecular formula is C25H29N5O2S. The van der Waals surface area contributed by atoms with Crippen LogP contribution in [0, 0.1) is 6.92 Å². The number of fused-ring (bicyclic) bond motifs is 1. The van der Waals surface area contributed by atoms with E-state index in [0.717, 1.165) is 68.6 Å². The molecule has 2 aromatic carbocycles. The van der Waals surface area contributed by atoms with Crippen LogP contribution in [0.5, 0.6) is 5.75 Å². The number of aromatic nitrogens is 2. The second-order valence-electron chi connectivity index (χ2n) is 8.76. The fourth-order valence-corrected chi connectivity index (χ4v) is 5.06. The van der Waals surface area contributed by atoms with Crippen molar-refractivity contribution < 1.29 is 9.53 Å². The van der Waals surface area contributed by atoms with E-state index in [-0.39, 0.29) is 5.91 Å². The fraction of sp³-hybridized carbons (Fsp3) is 0.400. The Labute approximate surface area is 198 Å². The van der Waals surface area contributed by atoms with Crippen LogP contribution in [0.4, 0.5) is 0 Å². The van der Waals surface area contributed by atoms with Crippen LogP contribution in [0.15, 0.2) is 42.5 Å². The summed E-state index contributed by atoms with van der Waals surface area (Å²) in [6.07, 6.45) is 1.02. The summed E-state index contributed by atoms with van der Waals surface area (Å²) < 4.78 is 5.61. The van der Waals surface area contributed by atoms with E-state index in [1.165, 1.54) is 28.0 Å². The van der Waals surface area contributed by atoms with E-state index in [9.17, 15) is 4.79 Å². The van der Waals surface area contributed by atoms with Crippen LogP contribution < -0.4 is 10.1 Å². The Morgan fingerprint density at radius 1 is 1.00 bits per heavy atom. The van der Waals surface area contributed by atoms with Crippen LogP contribution in [-0.4, -0.2) is 58.7 Å². The molecule has 2 aliphatic rings. The highest BCUT2D eigenvalue weighted by atomic mass is 32.1. The number of hydrogen-bond acceptors (Lipinski definition) is 7. The molecule has 172 valence electrons. The first-order valence-corrected chi connectivity index (χ1v) is 12.3. The molecule has 1 aromatic heterocycles. The van der Waals surface area contributed by atoms with Crippen LogP contribution in [0.3, 0.4) is 0 Å². The van der Waals surface area contributed by atoms with Gasteiger partial charge in [-0.1, -0.05) is 53.3 Å². The first-order chi connectivity index (χ1) is 16.1. The Balaban J connectivity index is 1.07. The summed E-state index contributed by atoms with van der Waals surface area (Å²) in [6.45, 7) is 9.09. The monoisotopic (exact) mass is 463 g/mol. The molecule has 1 fully saturated rings. The minimum atomic E-state index is -0.163. The van der Waals surface area contributed by atoms with Crippen LogP contribution in [-0.2, 0) is 26.1 Å². The maximum absolute atomic E-state index is 12.4. The summed E-state index contributed by atoms with van der Waals surface area (Å²) in [7, 11) is 0. The zero-order valence-corrected chi connectivity index (χ0v) is 19.7. The van der Waals surface area contributed by atoms with Crippen LogP contribution in [0.2, 0.25) is 0 Å². The van der Waals surface area contributed by atoms with Crippen molar-refractivity contribution >= 4 is 17.2 Å². The summed E-state index contributed by atoms with van der Waals surface area (Å²) >= 11 is 1.39. The Morgan fingerprint density at radius 3 is 2.52 bits per heavy atom. The molecule has 1 N–H and O–H groups in total. The molecule has 1 saturated heterocycles. The van der Waals surface area contributed by atoms with E-state index < -0.39 is 0 Å². The molecule has 3 heterocycles. The third-order valence-corrected chi connectivity index (χ3v) is 7.13. The topological polar surface area (TPSA) is 70.6 Å². The molecule has 0 unspecified atom stereocenters. The lowest BCUT2D eigenvalue weighted by molar-refractivity contribution is 0.0950. The van der Waals surface area contributed by atoms with E-state index in [0.29, 0.717) is 11.6 Å². The van der Waals surface area contributed by atoms with E-state index in [2.05, 4.69) is 50.4 Å². The predicted molar refractivity (Wildman–Crippen MR) is 128 cm³/mol. The van der Waals surface area contributed by atoms with Gasteiger partial charge in [0, 0.05) is 45.7 Å². The van der Waals surface area contributed by atoms with E-state index >= 15 is 0 Å². The third-order valence-electron chi connectivity index (χ3n) is 6.22. The Bertz CT molecular complexity index is 1110. The van der Waals surface area contributed by atoms with Crippen LogP contribution >= 0.6 is 11.3 Å². The number of ether oxygens (including phenoxy) is 1. The van der Waals surface area contributed by atoms with Gasteiger partial charge in [-0.05, 0) is 29.7 Å². The van der Waals surface area contributed by atoms with Crippen LogP contribution in [0.25, 0.3) is 0 Å². The van der Waals surface area contributed by atoms with Crippen molar-refractivity contribution in [2.45, 2.75) is 33.0 Å². The van der Waals surface area contributed by atoms with Gasteiger partial charge in [-0.2, -0.15) is 0 Å². The average molecular weight is 464 g/mol. The lowest BCUT2D eigenvalue weighted by Gasteiger charge is -2.34. The highest BCUT2D eigenvalue weighted by molar-refractivity contribution is 7.13. The van der Waals surface area contributed by atoms with Gasteiger partial charge < -0.3 is 10.1 Å². The quantitative estimate of drug-likeness (QED) is 0.581. The fourth-order valence-electron chi connectivity index (χ4n) is 4.27. The molecule has 0 bridgehead atoms. The Hall–Kier alpha value is -2.81. The molecule has 0 atom stereocenters. The molecule has 33 heavy (non-hydrogen) atoms. The normalized spacial score (nSPS) is 16.4. The number of amides is 1. The minimum absolute atomic E-state index is 0.163. The molecule has 5 rings (SSSR count). The van der Waals surface area contributed by atoms with Gasteiger partial charge in [-0.3, -0.25) is 14.6 Å². The van der Waals surface area contributed by atoms with Gasteiger partial charge in [0.1, 0.15) is 10.8 Å². The number of rotatable bonds is 7. The molecule has 3 aromatic rings. The molecular weight excluding hydrogens is 434 g/mol. The van der Waals surface area contributed by atoms with Crippen molar-refractivity contribution in [1.82, 2.24) is 25.3 Å². The first-order valence-electron chi connectivity index (χ1n) is 11.5. The molecule has 2 aliphatic heterocycles. The van der Waals surface area contributed by atoms with Crippen molar-refractivity contribution in [2.24, 2.45) is 0 Å². The molecule has 7 nitrogen and oxygen atoms in total. The van der Waals surface area contributed by atoms with Crippen molar-refractivity contribution in [2.75, 3.05) is 32.8 Å². The molecule has 0 saturated carbocycles. The van der Waals surface area contributed by atoms with E-state index in [1.54, 1.807) is 0 Å². The van der Waals surface area contributed by atoms with Crippen molar-refractivity contribution in [1.29, 1.82) is 0 Å². The second kappa shape index (κ2) is 9.99. The Kier molecular flexibility index (Phi) is 6.66. The van der Waals surface area contributed by atoms with Gasteiger partial charge in [-0.25, -0.2) is 0 Å². The lowest BCUT2D eigenvalue weighted by Crippen LogP contribution is -2.45. The van der Waals surface area contributed by atoms with Crippen molar-refractivity contribution in [3.05, 3.63) is 74.7 Å². The highest BCUT2D eigenvalue weighted by Gasteiger charge is 2.20. The zero-order chi connectivity index (χ0) is 22.6. The maximum atomic E-state index is 12.4. The number of carbonyl (C=O) groups excluding carboxylic acids is 1. The summed E-state index contributed by atoms with van der Waals surface area (Å²) in [5, 5.41) is 12.6. The lowest BCUT2D eigenvalue weighted by atomic mass is 10.1. The molecule has 0 radical (unpaired) electrons. The number of carbonyl (C=O) groups is 1. The van der Waals surface area contributed by atoms with Gasteiger partial charge in [0.25, 0.3) is 5.91 Å². The highest BCUT2D eigenvalue weighted by Crippen LogP contribution is 2.26.